The van der Waals surface area contributed by atoms with Gasteiger partial charge in [-0.05, 0) is 68.4 Å². The Balaban J connectivity index is 1.93. The molecule has 0 aliphatic heterocycles. The van der Waals surface area contributed by atoms with Crippen LogP contribution in [-0.4, -0.2) is 27.1 Å². The van der Waals surface area contributed by atoms with Crippen LogP contribution in [0.25, 0.3) is 0 Å². The Hall–Kier alpha value is -1.83. The van der Waals surface area contributed by atoms with Crippen LogP contribution < -0.4 is 10.0 Å². The van der Waals surface area contributed by atoms with Crippen molar-refractivity contribution in [3.63, 3.8) is 0 Å². The number of sulfonamides is 1. The molecule has 24 heavy (non-hydrogen) atoms. The molecule has 2 rings (SSSR count). The van der Waals surface area contributed by atoms with Crippen LogP contribution >= 0.6 is 11.8 Å². The predicted molar refractivity (Wildman–Crippen MR) is 98.0 cm³/mol. The van der Waals surface area contributed by atoms with E-state index in [1.807, 2.05) is 19.1 Å². The van der Waals surface area contributed by atoms with E-state index in [1.165, 1.54) is 42.1 Å². The Morgan fingerprint density at radius 2 is 1.71 bits per heavy atom. The average Bonchev–Trinajstić information content (AvgIpc) is 2.56. The lowest BCUT2D eigenvalue weighted by atomic mass is 10.1. The fourth-order valence-electron chi connectivity index (χ4n) is 1.98. The van der Waals surface area contributed by atoms with Crippen LogP contribution in [0.4, 0.5) is 5.69 Å². The number of carbonyl (C=O) groups is 1. The molecule has 1 amide bonds. The van der Waals surface area contributed by atoms with Crippen LogP contribution in [0.2, 0.25) is 0 Å². The first-order chi connectivity index (χ1) is 11.3. The molecule has 0 heterocycles. The topological polar surface area (TPSA) is 75.3 Å². The van der Waals surface area contributed by atoms with Crippen molar-refractivity contribution < 1.29 is 13.2 Å². The second kappa shape index (κ2) is 7.83. The van der Waals surface area contributed by atoms with Crippen molar-refractivity contribution in [3.05, 3.63) is 53.6 Å². The second-order valence-electron chi connectivity index (χ2n) is 5.31. The minimum atomic E-state index is -3.46. The molecule has 2 aromatic carbocycles. The van der Waals surface area contributed by atoms with E-state index < -0.39 is 10.0 Å². The maximum atomic E-state index is 12.0. The largest absolute Gasteiger partial charge is 0.325 e. The van der Waals surface area contributed by atoms with Gasteiger partial charge < -0.3 is 5.32 Å². The molecule has 5 nitrogen and oxygen atoms in total. The Morgan fingerprint density at radius 1 is 1.04 bits per heavy atom. The summed E-state index contributed by atoms with van der Waals surface area (Å²) < 4.78 is 25.5. The second-order valence-corrected chi connectivity index (χ2v) is 8.25. The summed E-state index contributed by atoms with van der Waals surface area (Å²) in [5, 5.41) is 2.76. The molecule has 0 saturated carbocycles. The van der Waals surface area contributed by atoms with Gasteiger partial charge in [-0.2, -0.15) is 0 Å². The number of carbonyl (C=O) groups excluding carboxylic acids is 1. The number of nitrogens with one attached hydrogen (secondary N) is 2. The fourth-order valence-corrected chi connectivity index (χ4v) is 3.51. The third kappa shape index (κ3) is 4.83. The molecular weight excluding hydrogens is 344 g/mol. The van der Waals surface area contributed by atoms with Crippen molar-refractivity contribution in [1.82, 2.24) is 4.72 Å². The first-order valence-electron chi connectivity index (χ1n) is 7.35. The molecule has 0 unspecified atom stereocenters. The maximum absolute atomic E-state index is 12.0. The van der Waals surface area contributed by atoms with E-state index in [4.69, 9.17) is 0 Å². The molecule has 128 valence electrons. The normalized spacial score (nSPS) is 11.3. The van der Waals surface area contributed by atoms with Gasteiger partial charge in [0.25, 0.3) is 0 Å². The van der Waals surface area contributed by atoms with Gasteiger partial charge in [-0.25, -0.2) is 13.1 Å². The predicted octanol–water partition coefficient (Wildman–Crippen LogP) is 2.94. The smallest absolute Gasteiger partial charge is 0.240 e. The minimum Gasteiger partial charge on any atom is -0.325 e. The average molecular weight is 364 g/mol. The molecular formula is C17H20N2O3S2. The van der Waals surface area contributed by atoms with Gasteiger partial charge in [0.1, 0.15) is 0 Å². The van der Waals surface area contributed by atoms with E-state index in [1.54, 1.807) is 12.1 Å². The Labute approximate surface area is 146 Å². The molecule has 0 radical (unpaired) electrons. The summed E-state index contributed by atoms with van der Waals surface area (Å²) in [7, 11) is -2.11. The molecule has 0 spiro atoms. The van der Waals surface area contributed by atoms with Crippen LogP contribution in [0.15, 0.2) is 52.3 Å². The monoisotopic (exact) mass is 364 g/mol. The van der Waals surface area contributed by atoms with Crippen molar-refractivity contribution in [1.29, 1.82) is 0 Å². The lowest BCUT2D eigenvalue weighted by molar-refractivity contribution is -0.113. The number of thioether (sulfide) groups is 1. The molecule has 2 N–H and O–H groups in total. The van der Waals surface area contributed by atoms with Crippen LogP contribution in [0.5, 0.6) is 0 Å². The van der Waals surface area contributed by atoms with E-state index >= 15 is 0 Å². The van der Waals surface area contributed by atoms with Crippen molar-refractivity contribution in [2.45, 2.75) is 23.6 Å². The summed E-state index contributed by atoms with van der Waals surface area (Å²) >= 11 is 1.46. The van der Waals surface area contributed by atoms with Gasteiger partial charge in [-0.1, -0.05) is 6.07 Å². The van der Waals surface area contributed by atoms with Gasteiger partial charge in [0, 0.05) is 10.6 Å². The molecule has 0 saturated heterocycles. The number of aryl methyl sites for hydroxylation is 2. The van der Waals surface area contributed by atoms with Gasteiger partial charge in [0.2, 0.25) is 15.9 Å². The first-order valence-corrected chi connectivity index (χ1v) is 9.82. The third-order valence-electron chi connectivity index (χ3n) is 3.57. The lowest BCUT2D eigenvalue weighted by Crippen LogP contribution is -2.18. The highest BCUT2D eigenvalue weighted by molar-refractivity contribution is 8.00. The van der Waals surface area contributed by atoms with E-state index in [0.29, 0.717) is 11.4 Å². The number of rotatable bonds is 6. The molecule has 0 atom stereocenters. The summed E-state index contributed by atoms with van der Waals surface area (Å²) in [6.45, 7) is 4.09. The SMILES string of the molecule is CNS(=O)(=O)c1ccc(NC(=O)CSc2ccc(C)c(C)c2)cc1. The number of hydrogen-bond donors (Lipinski definition) is 2. The van der Waals surface area contributed by atoms with Gasteiger partial charge in [0.15, 0.2) is 0 Å². The summed E-state index contributed by atoms with van der Waals surface area (Å²) in [4.78, 5) is 13.2. The number of anilines is 1. The Morgan fingerprint density at radius 3 is 2.29 bits per heavy atom. The summed E-state index contributed by atoms with van der Waals surface area (Å²) in [6.07, 6.45) is 0. The number of amides is 1. The molecule has 0 fully saturated rings. The van der Waals surface area contributed by atoms with Crippen LogP contribution in [-0.2, 0) is 14.8 Å². The van der Waals surface area contributed by atoms with Crippen LogP contribution in [0, 0.1) is 13.8 Å². The van der Waals surface area contributed by atoms with Crippen molar-refractivity contribution in [3.8, 4) is 0 Å². The zero-order valence-electron chi connectivity index (χ0n) is 13.8. The fraction of sp³-hybridized carbons (Fsp3) is 0.235. The summed E-state index contributed by atoms with van der Waals surface area (Å²) in [5.74, 6) is 0.154. The van der Waals surface area contributed by atoms with E-state index in [-0.39, 0.29) is 10.8 Å². The van der Waals surface area contributed by atoms with Gasteiger partial charge in [-0.15, -0.1) is 11.8 Å². The number of benzene rings is 2. The van der Waals surface area contributed by atoms with E-state index in [0.717, 1.165) is 4.90 Å². The minimum absolute atomic E-state index is 0.137. The molecule has 0 aromatic heterocycles. The highest BCUT2D eigenvalue weighted by Gasteiger charge is 2.11. The molecule has 0 aliphatic rings. The Kier molecular flexibility index (Phi) is 6.04. The van der Waals surface area contributed by atoms with E-state index in [9.17, 15) is 13.2 Å². The molecule has 0 aliphatic carbocycles. The number of hydrogen-bond acceptors (Lipinski definition) is 4. The first kappa shape index (κ1) is 18.5. The van der Waals surface area contributed by atoms with Crippen LogP contribution in [0.3, 0.4) is 0 Å². The van der Waals surface area contributed by atoms with Crippen molar-refractivity contribution >= 4 is 33.4 Å². The standard InChI is InChI=1S/C17H20N2O3S2/c1-12-4-7-15(10-13(12)2)23-11-17(20)19-14-5-8-16(9-6-14)24(21,22)18-3/h4-10,18H,11H2,1-3H3,(H,19,20). The van der Waals surface area contributed by atoms with Crippen molar-refractivity contribution in [2.24, 2.45) is 0 Å². The summed E-state index contributed by atoms with van der Waals surface area (Å²) in [6, 6.07) is 12.2. The highest BCUT2D eigenvalue weighted by Crippen LogP contribution is 2.21. The molecule has 2 aromatic rings. The molecule has 7 heteroatoms. The van der Waals surface area contributed by atoms with Crippen molar-refractivity contribution in [2.75, 3.05) is 18.1 Å². The third-order valence-corrected chi connectivity index (χ3v) is 5.99. The Bertz CT molecular complexity index is 831. The van der Waals surface area contributed by atoms with Gasteiger partial charge >= 0.3 is 0 Å². The van der Waals surface area contributed by atoms with Crippen LogP contribution in [0.1, 0.15) is 11.1 Å². The highest BCUT2D eigenvalue weighted by atomic mass is 32.2. The van der Waals surface area contributed by atoms with Gasteiger partial charge in [0.05, 0.1) is 10.6 Å². The maximum Gasteiger partial charge on any atom is 0.240 e. The van der Waals surface area contributed by atoms with Gasteiger partial charge in [-0.3, -0.25) is 4.79 Å². The van der Waals surface area contributed by atoms with E-state index in [2.05, 4.69) is 23.0 Å². The zero-order chi connectivity index (χ0) is 17.7. The lowest BCUT2D eigenvalue weighted by Gasteiger charge is -2.08. The molecule has 0 bridgehead atoms. The summed E-state index contributed by atoms with van der Waals surface area (Å²) in [5.41, 5.74) is 2.98. The quantitative estimate of drug-likeness (QED) is 0.773. The zero-order valence-corrected chi connectivity index (χ0v) is 15.4.